The molecule has 1 N–H and O–H groups in total. The van der Waals surface area contributed by atoms with Crippen molar-refractivity contribution >= 4 is 11.7 Å². The Labute approximate surface area is 150 Å². The van der Waals surface area contributed by atoms with Crippen LogP contribution in [0.1, 0.15) is 27.3 Å². The summed E-state index contributed by atoms with van der Waals surface area (Å²) >= 11 is 0. The molecule has 6 nitrogen and oxygen atoms in total. The van der Waals surface area contributed by atoms with Gasteiger partial charge < -0.3 is 9.67 Å². The van der Waals surface area contributed by atoms with Gasteiger partial charge in [0.1, 0.15) is 5.69 Å². The number of hydrogen-bond acceptors (Lipinski definition) is 3. The van der Waals surface area contributed by atoms with Crippen LogP contribution in [0, 0.1) is 10.1 Å². The minimum Gasteiger partial charge on any atom is -0.477 e. The van der Waals surface area contributed by atoms with E-state index in [0.29, 0.717) is 18.5 Å². The van der Waals surface area contributed by atoms with Gasteiger partial charge in [-0.25, -0.2) is 4.79 Å². The standard InChI is InChI=1S/C20H18N2O4/c23-20(24)19-13-18(22(25)26)17(12-11-15-7-3-1-4-8-15)21(19)14-16-9-5-2-6-10-16/h1-10,13H,11-12,14H2,(H,23,24). The maximum absolute atomic E-state index is 11.6. The third-order valence-electron chi connectivity index (χ3n) is 4.28. The Kier molecular flexibility index (Phi) is 5.12. The van der Waals surface area contributed by atoms with E-state index in [4.69, 9.17) is 0 Å². The van der Waals surface area contributed by atoms with Crippen LogP contribution in [0.15, 0.2) is 66.7 Å². The first-order valence-corrected chi connectivity index (χ1v) is 8.24. The normalized spacial score (nSPS) is 10.6. The molecule has 0 atom stereocenters. The summed E-state index contributed by atoms with van der Waals surface area (Å²) in [6.45, 7) is 0.278. The average molecular weight is 350 g/mol. The monoisotopic (exact) mass is 350 g/mol. The summed E-state index contributed by atoms with van der Waals surface area (Å²) in [5.74, 6) is -1.17. The molecule has 6 heteroatoms. The van der Waals surface area contributed by atoms with E-state index < -0.39 is 10.9 Å². The molecule has 0 unspecified atom stereocenters. The lowest BCUT2D eigenvalue weighted by Crippen LogP contribution is -2.13. The second-order valence-corrected chi connectivity index (χ2v) is 5.98. The number of nitro groups is 1. The minimum absolute atomic E-state index is 0.0661. The Bertz CT molecular complexity index is 918. The molecule has 0 aliphatic heterocycles. The first-order chi connectivity index (χ1) is 12.6. The maximum Gasteiger partial charge on any atom is 0.352 e. The van der Waals surface area contributed by atoms with Gasteiger partial charge in [-0.2, -0.15) is 0 Å². The van der Waals surface area contributed by atoms with E-state index >= 15 is 0 Å². The fourth-order valence-electron chi connectivity index (χ4n) is 3.03. The van der Waals surface area contributed by atoms with E-state index in [-0.39, 0.29) is 17.9 Å². The molecule has 2 aromatic carbocycles. The number of aromatic nitrogens is 1. The summed E-state index contributed by atoms with van der Waals surface area (Å²) in [4.78, 5) is 22.6. The molecule has 26 heavy (non-hydrogen) atoms. The average Bonchev–Trinajstić information content (AvgIpc) is 3.00. The molecule has 0 aliphatic carbocycles. The van der Waals surface area contributed by atoms with Crippen molar-refractivity contribution in [3.05, 3.63) is 99.4 Å². The van der Waals surface area contributed by atoms with Crippen molar-refractivity contribution in [3.63, 3.8) is 0 Å². The number of aryl methyl sites for hydroxylation is 1. The number of benzene rings is 2. The Balaban J connectivity index is 2.01. The van der Waals surface area contributed by atoms with Gasteiger partial charge in [0.2, 0.25) is 0 Å². The predicted octanol–water partition coefficient (Wildman–Crippen LogP) is 3.93. The summed E-state index contributed by atoms with van der Waals surface area (Å²) in [7, 11) is 0. The second kappa shape index (κ2) is 7.65. The largest absolute Gasteiger partial charge is 0.477 e. The SMILES string of the molecule is O=C(O)c1cc([N+](=O)[O-])c(CCc2ccccc2)n1Cc1ccccc1. The van der Waals surface area contributed by atoms with Crippen LogP contribution in [0.25, 0.3) is 0 Å². The van der Waals surface area contributed by atoms with Crippen molar-refractivity contribution in [2.75, 3.05) is 0 Å². The lowest BCUT2D eigenvalue weighted by molar-refractivity contribution is -0.385. The van der Waals surface area contributed by atoms with Gasteiger partial charge in [-0.05, 0) is 24.0 Å². The van der Waals surface area contributed by atoms with Gasteiger partial charge in [0.05, 0.1) is 10.6 Å². The number of aromatic carboxylic acids is 1. The van der Waals surface area contributed by atoms with E-state index in [1.807, 2.05) is 60.7 Å². The van der Waals surface area contributed by atoms with Crippen LogP contribution in [-0.2, 0) is 19.4 Å². The fourth-order valence-corrected chi connectivity index (χ4v) is 3.03. The predicted molar refractivity (Wildman–Crippen MR) is 97.4 cm³/mol. The molecule has 1 aromatic heterocycles. The first kappa shape index (κ1) is 17.4. The summed E-state index contributed by atoms with van der Waals surface area (Å²) in [6.07, 6.45) is 0.986. The third kappa shape index (κ3) is 3.80. The summed E-state index contributed by atoms with van der Waals surface area (Å²) < 4.78 is 1.54. The summed E-state index contributed by atoms with van der Waals surface area (Å²) in [6, 6.07) is 20.1. The fraction of sp³-hybridized carbons (Fsp3) is 0.150. The first-order valence-electron chi connectivity index (χ1n) is 8.24. The number of rotatable bonds is 7. The number of carbonyl (C=O) groups is 1. The Morgan fingerprint density at radius 2 is 1.54 bits per heavy atom. The topological polar surface area (TPSA) is 85.4 Å². The number of carboxylic acids is 1. The quantitative estimate of drug-likeness (QED) is 0.517. The molecule has 0 amide bonds. The van der Waals surface area contributed by atoms with Gasteiger partial charge in [-0.1, -0.05) is 60.7 Å². The molecular weight excluding hydrogens is 332 g/mol. The lowest BCUT2D eigenvalue weighted by atomic mass is 10.1. The minimum atomic E-state index is -1.17. The van der Waals surface area contributed by atoms with Crippen molar-refractivity contribution in [2.24, 2.45) is 0 Å². The number of carboxylic acid groups (broad SMARTS) is 1. The van der Waals surface area contributed by atoms with E-state index in [1.165, 1.54) is 0 Å². The van der Waals surface area contributed by atoms with Crippen molar-refractivity contribution in [1.82, 2.24) is 4.57 Å². The van der Waals surface area contributed by atoms with Gasteiger partial charge in [-0.3, -0.25) is 10.1 Å². The third-order valence-corrected chi connectivity index (χ3v) is 4.28. The molecule has 0 bridgehead atoms. The summed E-state index contributed by atoms with van der Waals surface area (Å²) in [5, 5.41) is 21.0. The van der Waals surface area contributed by atoms with Crippen LogP contribution >= 0.6 is 0 Å². The van der Waals surface area contributed by atoms with Crippen LogP contribution in [0.2, 0.25) is 0 Å². The zero-order valence-electron chi connectivity index (χ0n) is 14.0. The lowest BCUT2D eigenvalue weighted by Gasteiger charge is -2.11. The van der Waals surface area contributed by atoms with Crippen LogP contribution < -0.4 is 0 Å². The van der Waals surface area contributed by atoms with Gasteiger partial charge in [-0.15, -0.1) is 0 Å². The molecule has 0 aliphatic rings. The van der Waals surface area contributed by atoms with Gasteiger partial charge in [0.25, 0.3) is 5.69 Å². The van der Waals surface area contributed by atoms with Crippen LogP contribution in [0.4, 0.5) is 5.69 Å². The van der Waals surface area contributed by atoms with Gasteiger partial charge in [0.15, 0.2) is 0 Å². The zero-order valence-corrected chi connectivity index (χ0v) is 14.0. The Morgan fingerprint density at radius 1 is 0.962 bits per heavy atom. The van der Waals surface area contributed by atoms with Crippen molar-refractivity contribution in [3.8, 4) is 0 Å². The van der Waals surface area contributed by atoms with Crippen molar-refractivity contribution < 1.29 is 14.8 Å². The zero-order chi connectivity index (χ0) is 18.5. The van der Waals surface area contributed by atoms with Crippen molar-refractivity contribution in [1.29, 1.82) is 0 Å². The van der Waals surface area contributed by atoms with Gasteiger partial charge in [0, 0.05) is 12.6 Å². The molecule has 0 spiro atoms. The van der Waals surface area contributed by atoms with Crippen LogP contribution in [0.5, 0.6) is 0 Å². The van der Waals surface area contributed by atoms with Gasteiger partial charge >= 0.3 is 5.97 Å². The smallest absolute Gasteiger partial charge is 0.352 e. The molecule has 3 rings (SSSR count). The molecule has 3 aromatic rings. The van der Waals surface area contributed by atoms with Crippen LogP contribution in [-0.4, -0.2) is 20.6 Å². The molecule has 0 saturated heterocycles. The van der Waals surface area contributed by atoms with Crippen LogP contribution in [0.3, 0.4) is 0 Å². The highest BCUT2D eigenvalue weighted by molar-refractivity contribution is 5.87. The Morgan fingerprint density at radius 3 is 2.08 bits per heavy atom. The van der Waals surface area contributed by atoms with E-state index in [9.17, 15) is 20.0 Å². The van der Waals surface area contributed by atoms with Crippen molar-refractivity contribution in [2.45, 2.75) is 19.4 Å². The number of hydrogen-bond donors (Lipinski definition) is 1. The molecule has 0 radical (unpaired) electrons. The molecule has 0 saturated carbocycles. The Hall–Kier alpha value is -3.41. The molecular formula is C20H18N2O4. The second-order valence-electron chi connectivity index (χ2n) is 5.98. The molecule has 0 fully saturated rings. The summed E-state index contributed by atoms with van der Waals surface area (Å²) in [5.41, 5.74) is 2.16. The van der Waals surface area contributed by atoms with E-state index in [2.05, 4.69) is 0 Å². The number of nitrogens with zero attached hydrogens (tertiary/aromatic N) is 2. The highest BCUT2D eigenvalue weighted by Gasteiger charge is 2.26. The molecule has 132 valence electrons. The van der Waals surface area contributed by atoms with E-state index in [0.717, 1.165) is 17.2 Å². The highest BCUT2D eigenvalue weighted by Crippen LogP contribution is 2.27. The maximum atomic E-state index is 11.6. The molecule has 1 heterocycles. The highest BCUT2D eigenvalue weighted by atomic mass is 16.6. The van der Waals surface area contributed by atoms with E-state index in [1.54, 1.807) is 4.57 Å².